The molecular weight excluding hydrogens is 357 g/mol. The van der Waals surface area contributed by atoms with E-state index in [1.54, 1.807) is 29.3 Å². The van der Waals surface area contributed by atoms with Crippen molar-refractivity contribution in [3.05, 3.63) is 71.7 Å². The maximum absolute atomic E-state index is 14.4. The molecule has 1 saturated heterocycles. The van der Waals surface area contributed by atoms with Crippen molar-refractivity contribution >= 4 is 28.3 Å². The van der Waals surface area contributed by atoms with Crippen LogP contribution in [0, 0.1) is 5.82 Å². The summed E-state index contributed by atoms with van der Waals surface area (Å²) in [6.45, 7) is 3.49. The third-order valence-electron chi connectivity index (χ3n) is 5.14. The fourth-order valence-corrected chi connectivity index (χ4v) is 3.59. The van der Waals surface area contributed by atoms with Crippen molar-refractivity contribution in [3.8, 4) is 0 Å². The molecule has 0 N–H and O–H groups in total. The number of para-hydroxylation sites is 1. The van der Waals surface area contributed by atoms with Gasteiger partial charge in [0.1, 0.15) is 5.82 Å². The maximum Gasteiger partial charge on any atom is 0.254 e. The topological polar surface area (TPSA) is 53.5 Å². The molecule has 4 rings (SSSR count). The minimum Gasteiger partial charge on any atom is -0.366 e. The summed E-state index contributed by atoms with van der Waals surface area (Å²) >= 11 is 0. The summed E-state index contributed by atoms with van der Waals surface area (Å²) in [4.78, 5) is 32.4. The van der Waals surface area contributed by atoms with Crippen molar-refractivity contribution in [3.63, 3.8) is 0 Å². The van der Waals surface area contributed by atoms with Crippen LogP contribution in [0.5, 0.6) is 0 Å². The zero-order valence-electron chi connectivity index (χ0n) is 15.6. The molecule has 1 aromatic heterocycles. The first-order chi connectivity index (χ1) is 13.5. The summed E-state index contributed by atoms with van der Waals surface area (Å²) in [5.74, 6) is -0.608. The third kappa shape index (κ3) is 3.33. The monoisotopic (exact) mass is 377 g/mol. The van der Waals surface area contributed by atoms with E-state index in [9.17, 15) is 14.0 Å². The Morgan fingerprint density at radius 2 is 1.75 bits per heavy atom. The van der Waals surface area contributed by atoms with Gasteiger partial charge in [0.25, 0.3) is 5.91 Å². The van der Waals surface area contributed by atoms with Crippen LogP contribution in [-0.2, 0) is 0 Å². The predicted molar refractivity (Wildman–Crippen MR) is 106 cm³/mol. The molecule has 0 radical (unpaired) electrons. The molecule has 3 aromatic rings. The van der Waals surface area contributed by atoms with Gasteiger partial charge in [0.2, 0.25) is 0 Å². The third-order valence-corrected chi connectivity index (χ3v) is 5.14. The number of fused-ring (bicyclic) bond motifs is 1. The molecule has 28 heavy (non-hydrogen) atoms. The van der Waals surface area contributed by atoms with Gasteiger partial charge in [-0.2, -0.15) is 0 Å². The molecule has 1 aliphatic rings. The highest BCUT2D eigenvalue weighted by Crippen LogP contribution is 2.24. The largest absolute Gasteiger partial charge is 0.366 e. The second-order valence-electron chi connectivity index (χ2n) is 6.88. The second kappa shape index (κ2) is 7.38. The van der Waals surface area contributed by atoms with Gasteiger partial charge in [0.15, 0.2) is 5.78 Å². The predicted octanol–water partition coefficient (Wildman–Crippen LogP) is 3.54. The highest BCUT2D eigenvalue weighted by molar-refractivity contribution is 6.06. The van der Waals surface area contributed by atoms with E-state index in [4.69, 9.17) is 0 Å². The average molecular weight is 377 g/mol. The Bertz CT molecular complexity index is 1050. The van der Waals surface area contributed by atoms with E-state index >= 15 is 0 Å². The summed E-state index contributed by atoms with van der Waals surface area (Å²) in [5, 5.41) is 0.836. The van der Waals surface area contributed by atoms with Crippen LogP contribution in [-0.4, -0.2) is 47.8 Å². The number of benzene rings is 2. The molecule has 142 valence electrons. The number of pyridine rings is 1. The van der Waals surface area contributed by atoms with E-state index in [0.29, 0.717) is 43.0 Å². The smallest absolute Gasteiger partial charge is 0.254 e. The normalized spacial score (nSPS) is 14.4. The molecule has 0 saturated carbocycles. The minimum atomic E-state index is -0.410. The lowest BCUT2D eigenvalue weighted by atomic mass is 10.1. The molecule has 0 spiro atoms. The van der Waals surface area contributed by atoms with Gasteiger partial charge in [0, 0.05) is 43.3 Å². The number of carbonyl (C=O) groups is 2. The summed E-state index contributed by atoms with van der Waals surface area (Å²) in [6, 6.07) is 13.9. The van der Waals surface area contributed by atoms with Crippen molar-refractivity contribution in [2.24, 2.45) is 0 Å². The Morgan fingerprint density at radius 3 is 2.46 bits per heavy atom. The number of aromatic nitrogens is 1. The van der Waals surface area contributed by atoms with Gasteiger partial charge in [-0.3, -0.25) is 14.6 Å². The average Bonchev–Trinajstić information content (AvgIpc) is 2.73. The van der Waals surface area contributed by atoms with Crippen molar-refractivity contribution < 1.29 is 14.0 Å². The summed E-state index contributed by atoms with van der Waals surface area (Å²) in [6.07, 6.45) is 1.65. The Morgan fingerprint density at radius 1 is 1.00 bits per heavy atom. The van der Waals surface area contributed by atoms with Gasteiger partial charge in [-0.05, 0) is 37.3 Å². The number of nitrogens with zero attached hydrogens (tertiary/aromatic N) is 3. The van der Waals surface area contributed by atoms with Crippen LogP contribution in [0.1, 0.15) is 27.6 Å². The van der Waals surface area contributed by atoms with E-state index in [1.165, 1.54) is 13.0 Å². The lowest BCUT2D eigenvalue weighted by Gasteiger charge is -2.36. The Kier molecular flexibility index (Phi) is 4.77. The lowest BCUT2D eigenvalue weighted by molar-refractivity contribution is 0.0748. The van der Waals surface area contributed by atoms with Crippen molar-refractivity contribution in [1.82, 2.24) is 9.88 Å². The van der Waals surface area contributed by atoms with E-state index in [0.717, 1.165) is 10.9 Å². The fraction of sp³-hybridized carbons (Fsp3) is 0.227. The number of carbonyl (C=O) groups excluding carboxylic acids is 2. The standard InChI is InChI=1S/C22H20FN3O2/c1-15(27)16-6-7-21(19(23)14-16)25-10-12-26(13-11-25)22(28)18-8-9-24-20-5-3-2-4-17(18)20/h2-9,14H,10-13H2,1H3. The van der Waals surface area contributed by atoms with E-state index in [1.807, 2.05) is 29.2 Å². The lowest BCUT2D eigenvalue weighted by Crippen LogP contribution is -2.49. The highest BCUT2D eigenvalue weighted by Gasteiger charge is 2.25. The second-order valence-corrected chi connectivity index (χ2v) is 6.88. The van der Waals surface area contributed by atoms with Gasteiger partial charge in [0.05, 0.1) is 16.8 Å². The van der Waals surface area contributed by atoms with Gasteiger partial charge in [-0.15, -0.1) is 0 Å². The molecule has 1 amide bonds. The molecule has 2 heterocycles. The number of hydrogen-bond acceptors (Lipinski definition) is 4. The van der Waals surface area contributed by atoms with Crippen LogP contribution in [0.4, 0.5) is 10.1 Å². The molecule has 6 heteroatoms. The molecule has 1 fully saturated rings. The molecule has 1 aliphatic heterocycles. The number of rotatable bonds is 3. The molecule has 2 aromatic carbocycles. The van der Waals surface area contributed by atoms with E-state index < -0.39 is 5.82 Å². The number of anilines is 1. The Hall–Kier alpha value is -3.28. The van der Waals surface area contributed by atoms with E-state index in [2.05, 4.69) is 4.98 Å². The van der Waals surface area contributed by atoms with Crippen LogP contribution in [0.15, 0.2) is 54.7 Å². The summed E-state index contributed by atoms with van der Waals surface area (Å²) in [7, 11) is 0. The molecule has 0 aliphatic carbocycles. The van der Waals surface area contributed by atoms with Gasteiger partial charge in [-0.1, -0.05) is 18.2 Å². The number of ketones is 1. The minimum absolute atomic E-state index is 0.0364. The van der Waals surface area contributed by atoms with E-state index in [-0.39, 0.29) is 11.7 Å². The van der Waals surface area contributed by atoms with Crippen LogP contribution in [0.25, 0.3) is 10.9 Å². The quantitative estimate of drug-likeness (QED) is 0.655. The number of halogens is 1. The zero-order valence-corrected chi connectivity index (χ0v) is 15.6. The van der Waals surface area contributed by atoms with Gasteiger partial charge < -0.3 is 9.80 Å². The molecule has 0 atom stereocenters. The van der Waals surface area contributed by atoms with Gasteiger partial charge >= 0.3 is 0 Å². The number of hydrogen-bond donors (Lipinski definition) is 0. The number of piperazine rings is 1. The number of amides is 1. The first-order valence-corrected chi connectivity index (χ1v) is 9.23. The summed E-state index contributed by atoms with van der Waals surface area (Å²) in [5.41, 5.74) is 2.25. The Labute approximate surface area is 162 Å². The van der Waals surface area contributed by atoms with Crippen LogP contribution in [0.3, 0.4) is 0 Å². The SMILES string of the molecule is CC(=O)c1ccc(N2CCN(C(=O)c3ccnc4ccccc34)CC2)c(F)c1. The number of Topliss-reactive ketones (excluding diaryl/α,β-unsaturated/α-hetero) is 1. The van der Waals surface area contributed by atoms with Crippen molar-refractivity contribution in [1.29, 1.82) is 0 Å². The first kappa shape index (κ1) is 18.1. The van der Waals surface area contributed by atoms with Crippen LogP contribution >= 0.6 is 0 Å². The fourth-order valence-electron chi connectivity index (χ4n) is 3.59. The Balaban J connectivity index is 1.50. The molecule has 0 unspecified atom stereocenters. The van der Waals surface area contributed by atoms with Gasteiger partial charge in [-0.25, -0.2) is 4.39 Å². The maximum atomic E-state index is 14.4. The summed E-state index contributed by atoms with van der Waals surface area (Å²) < 4.78 is 14.4. The van der Waals surface area contributed by atoms with Crippen molar-refractivity contribution in [2.75, 3.05) is 31.1 Å². The highest BCUT2D eigenvalue weighted by atomic mass is 19.1. The molecule has 0 bridgehead atoms. The molecular formula is C22H20FN3O2. The first-order valence-electron chi connectivity index (χ1n) is 9.23. The van der Waals surface area contributed by atoms with Crippen molar-refractivity contribution in [2.45, 2.75) is 6.92 Å². The molecule has 5 nitrogen and oxygen atoms in total. The van der Waals surface area contributed by atoms with Crippen LogP contribution in [0.2, 0.25) is 0 Å². The van der Waals surface area contributed by atoms with Crippen LogP contribution < -0.4 is 4.90 Å². The zero-order chi connectivity index (χ0) is 19.7.